The van der Waals surface area contributed by atoms with Gasteiger partial charge < -0.3 is 10.1 Å². The molecule has 0 atom stereocenters. The largest absolute Gasteiger partial charge is 0.423 e. The monoisotopic (exact) mass is 258 g/mol. The molecule has 0 fully saturated rings. The van der Waals surface area contributed by atoms with E-state index in [0.29, 0.717) is 17.7 Å². The molecule has 0 saturated carbocycles. The maximum absolute atomic E-state index is 5.47. The van der Waals surface area contributed by atoms with Crippen LogP contribution in [0.2, 0.25) is 0 Å². The summed E-state index contributed by atoms with van der Waals surface area (Å²) >= 11 is 0. The van der Waals surface area contributed by atoms with E-state index in [0.717, 1.165) is 18.7 Å². The summed E-state index contributed by atoms with van der Waals surface area (Å²) in [6, 6.07) is 3.95. The fraction of sp³-hybridized carbons (Fsp3) is 0.357. The third kappa shape index (κ3) is 4.63. The maximum atomic E-state index is 5.47. The molecule has 2 aromatic rings. The van der Waals surface area contributed by atoms with Crippen LogP contribution in [0.1, 0.15) is 19.4 Å². The second-order valence-corrected chi connectivity index (χ2v) is 4.69. The second kappa shape index (κ2) is 6.80. The number of ether oxygens (including phenoxy) is 1. The van der Waals surface area contributed by atoms with Crippen molar-refractivity contribution >= 4 is 0 Å². The molecule has 0 aliphatic heterocycles. The lowest BCUT2D eigenvalue weighted by molar-refractivity contribution is 0.438. The van der Waals surface area contributed by atoms with Gasteiger partial charge in [-0.15, -0.1) is 0 Å². The van der Waals surface area contributed by atoms with Crippen molar-refractivity contribution in [3.05, 3.63) is 42.5 Å². The van der Waals surface area contributed by atoms with Gasteiger partial charge in [0.15, 0.2) is 0 Å². The number of hydrogen-bond donors (Lipinski definition) is 1. The van der Waals surface area contributed by atoms with Crippen molar-refractivity contribution in [3.63, 3.8) is 0 Å². The first-order valence-electron chi connectivity index (χ1n) is 6.33. The van der Waals surface area contributed by atoms with Gasteiger partial charge in [0.1, 0.15) is 5.75 Å². The fourth-order valence-electron chi connectivity index (χ4n) is 1.50. The molecule has 0 aliphatic rings. The summed E-state index contributed by atoms with van der Waals surface area (Å²) in [5.74, 6) is 1.27. The zero-order valence-corrected chi connectivity index (χ0v) is 11.2. The van der Waals surface area contributed by atoms with Crippen LogP contribution in [0.15, 0.2) is 36.9 Å². The summed E-state index contributed by atoms with van der Waals surface area (Å²) in [7, 11) is 0. The molecule has 0 bridgehead atoms. The lowest BCUT2D eigenvalue weighted by Crippen LogP contribution is -2.19. The molecule has 0 amide bonds. The van der Waals surface area contributed by atoms with Crippen molar-refractivity contribution in [2.24, 2.45) is 5.92 Å². The van der Waals surface area contributed by atoms with Crippen molar-refractivity contribution in [2.45, 2.75) is 20.4 Å². The molecule has 2 heterocycles. The highest BCUT2D eigenvalue weighted by Crippen LogP contribution is 2.14. The van der Waals surface area contributed by atoms with Crippen molar-refractivity contribution in [2.75, 3.05) is 6.54 Å². The molecule has 19 heavy (non-hydrogen) atoms. The first-order valence-corrected chi connectivity index (χ1v) is 6.33. The van der Waals surface area contributed by atoms with E-state index < -0.39 is 0 Å². The summed E-state index contributed by atoms with van der Waals surface area (Å²) in [5, 5.41) is 3.34. The van der Waals surface area contributed by atoms with Gasteiger partial charge in [0.2, 0.25) is 0 Å². The quantitative estimate of drug-likeness (QED) is 0.862. The first kappa shape index (κ1) is 13.4. The zero-order valence-electron chi connectivity index (χ0n) is 11.2. The molecule has 5 heteroatoms. The van der Waals surface area contributed by atoms with Gasteiger partial charge in [-0.1, -0.05) is 13.8 Å². The predicted molar refractivity (Wildman–Crippen MR) is 72.9 cm³/mol. The van der Waals surface area contributed by atoms with E-state index in [4.69, 9.17) is 4.74 Å². The number of pyridine rings is 1. The van der Waals surface area contributed by atoms with Crippen LogP contribution in [0.3, 0.4) is 0 Å². The minimum atomic E-state index is 0.334. The van der Waals surface area contributed by atoms with E-state index in [1.165, 1.54) is 0 Å². The summed E-state index contributed by atoms with van der Waals surface area (Å²) < 4.78 is 5.47. The minimum absolute atomic E-state index is 0.334. The van der Waals surface area contributed by atoms with E-state index >= 15 is 0 Å². The summed E-state index contributed by atoms with van der Waals surface area (Å²) in [5.41, 5.74) is 1.04. The minimum Gasteiger partial charge on any atom is -0.423 e. The van der Waals surface area contributed by atoms with E-state index in [-0.39, 0.29) is 0 Å². The third-order valence-corrected chi connectivity index (χ3v) is 2.41. The molecular weight excluding hydrogens is 240 g/mol. The fourth-order valence-corrected chi connectivity index (χ4v) is 1.50. The van der Waals surface area contributed by atoms with Gasteiger partial charge in [-0.05, 0) is 24.6 Å². The molecule has 0 spiro atoms. The first-order chi connectivity index (χ1) is 9.24. The molecule has 0 radical (unpaired) electrons. The maximum Gasteiger partial charge on any atom is 0.321 e. The standard InChI is InChI=1S/C14H18N4O/c1-11(2)6-16-7-12-8-17-14(18-9-12)19-13-4-3-5-15-10-13/h3-5,8-11,16H,6-7H2,1-2H3. The Labute approximate surface area is 113 Å². The molecule has 0 aromatic carbocycles. The Hall–Kier alpha value is -2.01. The highest BCUT2D eigenvalue weighted by molar-refractivity contribution is 5.20. The van der Waals surface area contributed by atoms with Crippen molar-refractivity contribution in [1.29, 1.82) is 0 Å². The zero-order chi connectivity index (χ0) is 13.5. The van der Waals surface area contributed by atoms with Crippen LogP contribution in [-0.4, -0.2) is 21.5 Å². The van der Waals surface area contributed by atoms with Crippen molar-refractivity contribution < 1.29 is 4.74 Å². The highest BCUT2D eigenvalue weighted by Gasteiger charge is 2.01. The van der Waals surface area contributed by atoms with Crippen molar-refractivity contribution in [3.8, 4) is 11.8 Å². The van der Waals surface area contributed by atoms with E-state index in [1.54, 1.807) is 30.9 Å². The molecule has 1 N–H and O–H groups in total. The Kier molecular flexibility index (Phi) is 4.80. The van der Waals surface area contributed by atoms with Gasteiger partial charge >= 0.3 is 6.01 Å². The molecule has 0 unspecified atom stereocenters. The lowest BCUT2D eigenvalue weighted by atomic mass is 10.2. The van der Waals surface area contributed by atoms with E-state index in [2.05, 4.69) is 34.1 Å². The number of rotatable bonds is 6. The van der Waals surface area contributed by atoms with Crippen LogP contribution in [0.5, 0.6) is 11.8 Å². The SMILES string of the molecule is CC(C)CNCc1cnc(Oc2cccnc2)nc1. The second-order valence-electron chi connectivity index (χ2n) is 4.69. The van der Waals surface area contributed by atoms with E-state index in [1.807, 2.05) is 6.07 Å². The molecular formula is C14H18N4O. The smallest absolute Gasteiger partial charge is 0.321 e. The number of nitrogens with one attached hydrogen (secondary N) is 1. The molecule has 2 aromatic heterocycles. The summed E-state index contributed by atoms with van der Waals surface area (Å²) in [6.45, 7) is 6.10. The van der Waals surface area contributed by atoms with Gasteiger partial charge in [0.05, 0.1) is 6.20 Å². The van der Waals surface area contributed by atoms with Crippen LogP contribution in [0, 0.1) is 5.92 Å². The van der Waals surface area contributed by atoms with Gasteiger partial charge in [-0.2, -0.15) is 0 Å². The summed E-state index contributed by atoms with van der Waals surface area (Å²) in [6.07, 6.45) is 6.86. The third-order valence-electron chi connectivity index (χ3n) is 2.41. The Morgan fingerprint density at radius 3 is 2.63 bits per heavy atom. The van der Waals surface area contributed by atoms with E-state index in [9.17, 15) is 0 Å². The molecule has 100 valence electrons. The van der Waals surface area contributed by atoms with Crippen LogP contribution in [-0.2, 0) is 6.54 Å². The number of hydrogen-bond acceptors (Lipinski definition) is 5. The van der Waals surface area contributed by atoms with Crippen LogP contribution in [0.4, 0.5) is 0 Å². The van der Waals surface area contributed by atoms with Crippen LogP contribution < -0.4 is 10.1 Å². The molecule has 2 rings (SSSR count). The van der Waals surface area contributed by atoms with Gasteiger partial charge in [-0.25, -0.2) is 9.97 Å². The molecule has 0 aliphatic carbocycles. The van der Waals surface area contributed by atoms with Crippen molar-refractivity contribution in [1.82, 2.24) is 20.3 Å². The Morgan fingerprint density at radius 1 is 1.21 bits per heavy atom. The Balaban J connectivity index is 1.88. The lowest BCUT2D eigenvalue weighted by Gasteiger charge is -2.07. The molecule has 5 nitrogen and oxygen atoms in total. The normalized spacial score (nSPS) is 10.7. The Morgan fingerprint density at radius 2 is 2.00 bits per heavy atom. The van der Waals surface area contributed by atoms with Crippen LogP contribution >= 0.6 is 0 Å². The highest BCUT2D eigenvalue weighted by atomic mass is 16.5. The molecule has 0 saturated heterocycles. The number of nitrogens with zero attached hydrogens (tertiary/aromatic N) is 3. The summed E-state index contributed by atoms with van der Waals surface area (Å²) in [4.78, 5) is 12.3. The van der Waals surface area contributed by atoms with Crippen LogP contribution in [0.25, 0.3) is 0 Å². The average molecular weight is 258 g/mol. The Bertz CT molecular complexity index is 485. The number of aromatic nitrogens is 3. The average Bonchev–Trinajstić information content (AvgIpc) is 2.42. The van der Waals surface area contributed by atoms with Gasteiger partial charge in [0.25, 0.3) is 0 Å². The topological polar surface area (TPSA) is 59.9 Å². The predicted octanol–water partition coefficient (Wildman–Crippen LogP) is 2.41. The van der Waals surface area contributed by atoms with Gasteiger partial charge in [0, 0.05) is 30.7 Å². The van der Waals surface area contributed by atoms with Gasteiger partial charge in [-0.3, -0.25) is 4.98 Å².